The first-order chi connectivity index (χ1) is 8.31. The van der Waals surface area contributed by atoms with Gasteiger partial charge in [-0.3, -0.25) is 9.59 Å². The highest BCUT2D eigenvalue weighted by atomic mass is 16.4. The van der Waals surface area contributed by atoms with E-state index in [0.717, 1.165) is 6.42 Å². The van der Waals surface area contributed by atoms with Crippen LogP contribution in [0.3, 0.4) is 0 Å². The molecule has 6 N–H and O–H groups in total. The molecular weight excluding hydrogens is 236 g/mol. The second kappa shape index (κ2) is 12.3. The summed E-state index contributed by atoms with van der Waals surface area (Å²) in [4.78, 5) is 19.8. The van der Waals surface area contributed by atoms with E-state index in [1.54, 1.807) is 0 Å². The largest absolute Gasteiger partial charge is 0.481 e. The summed E-state index contributed by atoms with van der Waals surface area (Å²) in [5.41, 5.74) is 10.8. The van der Waals surface area contributed by atoms with Crippen LogP contribution in [-0.4, -0.2) is 28.3 Å². The van der Waals surface area contributed by atoms with Gasteiger partial charge in [-0.05, 0) is 25.2 Å². The van der Waals surface area contributed by atoms with Crippen molar-refractivity contribution < 1.29 is 19.8 Å². The van der Waals surface area contributed by atoms with Crippen LogP contribution in [0.15, 0.2) is 0 Å². The van der Waals surface area contributed by atoms with Gasteiger partial charge in [0.25, 0.3) is 0 Å². The molecule has 18 heavy (non-hydrogen) atoms. The molecule has 108 valence electrons. The van der Waals surface area contributed by atoms with Crippen LogP contribution in [0.4, 0.5) is 0 Å². The topological polar surface area (TPSA) is 127 Å². The fourth-order valence-corrected chi connectivity index (χ4v) is 1.20. The monoisotopic (exact) mass is 262 g/mol. The molecule has 6 heteroatoms. The fourth-order valence-electron chi connectivity index (χ4n) is 1.20. The molecule has 0 bridgehead atoms. The molecule has 0 amide bonds. The van der Waals surface area contributed by atoms with Crippen molar-refractivity contribution >= 4 is 11.9 Å². The lowest BCUT2D eigenvalue weighted by molar-refractivity contribution is -0.139. The Morgan fingerprint density at radius 2 is 1.44 bits per heavy atom. The molecule has 0 saturated heterocycles. The molecule has 0 aliphatic heterocycles. The van der Waals surface area contributed by atoms with Gasteiger partial charge < -0.3 is 21.7 Å². The molecule has 0 fully saturated rings. The molecule has 0 aromatic rings. The zero-order chi connectivity index (χ0) is 14.6. The Morgan fingerprint density at radius 1 is 1.06 bits per heavy atom. The Hall–Kier alpha value is -1.14. The summed E-state index contributed by atoms with van der Waals surface area (Å²) >= 11 is 0. The maximum absolute atomic E-state index is 9.90. The number of carboxylic acids is 2. The maximum atomic E-state index is 9.90. The summed E-state index contributed by atoms with van der Waals surface area (Å²) < 4.78 is 0. The lowest BCUT2D eigenvalue weighted by Gasteiger charge is -2.12. The van der Waals surface area contributed by atoms with Crippen LogP contribution in [0.2, 0.25) is 0 Å². The van der Waals surface area contributed by atoms with Crippen molar-refractivity contribution in [2.24, 2.45) is 17.4 Å². The standard InChI is InChI=1S/C6H16N2.C6H10O4/c1-3-4-5(2)6(7)8;7-5(8)3-1-2-4-6(9)10/h5-6H,3-4,7-8H2,1-2H3;1-4H2,(H,7,8)(H,9,10). The van der Waals surface area contributed by atoms with E-state index >= 15 is 0 Å². The van der Waals surface area contributed by atoms with Crippen LogP contribution in [-0.2, 0) is 9.59 Å². The summed E-state index contributed by atoms with van der Waals surface area (Å²) in [6, 6.07) is 0. The van der Waals surface area contributed by atoms with Crippen molar-refractivity contribution in [3.8, 4) is 0 Å². The minimum absolute atomic E-state index is 0.0628. The van der Waals surface area contributed by atoms with Gasteiger partial charge in [-0.25, -0.2) is 0 Å². The second-order valence-corrected chi connectivity index (χ2v) is 4.34. The first kappa shape index (κ1) is 19.2. The molecule has 6 nitrogen and oxygen atoms in total. The molecule has 0 aromatic carbocycles. The van der Waals surface area contributed by atoms with E-state index in [1.165, 1.54) is 6.42 Å². The van der Waals surface area contributed by atoms with Crippen LogP contribution >= 0.6 is 0 Å². The Bertz CT molecular complexity index is 216. The van der Waals surface area contributed by atoms with Crippen LogP contribution < -0.4 is 11.5 Å². The van der Waals surface area contributed by atoms with E-state index in [1.807, 2.05) is 0 Å². The molecular formula is C12H26N2O4. The van der Waals surface area contributed by atoms with E-state index in [-0.39, 0.29) is 19.0 Å². The Labute approximate surface area is 108 Å². The van der Waals surface area contributed by atoms with Gasteiger partial charge >= 0.3 is 11.9 Å². The van der Waals surface area contributed by atoms with Gasteiger partial charge in [0.1, 0.15) is 0 Å². The zero-order valence-corrected chi connectivity index (χ0v) is 11.3. The lowest BCUT2D eigenvalue weighted by Crippen LogP contribution is -2.37. The number of rotatable bonds is 8. The van der Waals surface area contributed by atoms with Crippen molar-refractivity contribution in [2.75, 3.05) is 0 Å². The van der Waals surface area contributed by atoms with Gasteiger partial charge in [-0.1, -0.05) is 20.3 Å². The number of unbranched alkanes of at least 4 members (excludes halogenated alkanes) is 1. The highest BCUT2D eigenvalue weighted by Gasteiger charge is 2.04. The number of carbonyl (C=O) groups is 2. The van der Waals surface area contributed by atoms with Crippen molar-refractivity contribution in [1.29, 1.82) is 0 Å². The van der Waals surface area contributed by atoms with Crippen LogP contribution in [0, 0.1) is 5.92 Å². The van der Waals surface area contributed by atoms with Crippen LogP contribution in [0.1, 0.15) is 52.4 Å². The summed E-state index contributed by atoms with van der Waals surface area (Å²) in [6.45, 7) is 4.22. The third kappa shape index (κ3) is 17.3. The SMILES string of the molecule is CCCC(C)C(N)N.O=C(O)CCCCC(=O)O. The Morgan fingerprint density at radius 3 is 1.61 bits per heavy atom. The van der Waals surface area contributed by atoms with Gasteiger partial charge in [0, 0.05) is 12.8 Å². The zero-order valence-electron chi connectivity index (χ0n) is 11.3. The maximum Gasteiger partial charge on any atom is 0.303 e. The molecule has 0 radical (unpaired) electrons. The first-order valence-corrected chi connectivity index (χ1v) is 6.26. The quantitative estimate of drug-likeness (QED) is 0.386. The van der Waals surface area contributed by atoms with Gasteiger partial charge in [0.15, 0.2) is 0 Å². The van der Waals surface area contributed by atoms with E-state index in [0.29, 0.717) is 18.8 Å². The molecule has 0 aromatic heterocycles. The van der Waals surface area contributed by atoms with Crippen LogP contribution in [0.5, 0.6) is 0 Å². The number of carboxylic acid groups (broad SMARTS) is 2. The van der Waals surface area contributed by atoms with Gasteiger partial charge in [-0.15, -0.1) is 0 Å². The van der Waals surface area contributed by atoms with E-state index < -0.39 is 11.9 Å². The molecule has 0 saturated carbocycles. The fraction of sp³-hybridized carbons (Fsp3) is 0.833. The molecule has 0 aliphatic rings. The van der Waals surface area contributed by atoms with Crippen molar-refractivity contribution in [1.82, 2.24) is 0 Å². The Kier molecular flexibility index (Phi) is 13.1. The number of nitrogens with two attached hydrogens (primary N) is 2. The van der Waals surface area contributed by atoms with Crippen molar-refractivity contribution in [2.45, 2.75) is 58.5 Å². The minimum Gasteiger partial charge on any atom is -0.481 e. The van der Waals surface area contributed by atoms with Crippen LogP contribution in [0.25, 0.3) is 0 Å². The van der Waals surface area contributed by atoms with E-state index in [9.17, 15) is 9.59 Å². The molecule has 1 unspecified atom stereocenters. The summed E-state index contributed by atoms with van der Waals surface area (Å²) in [7, 11) is 0. The minimum atomic E-state index is -0.870. The highest BCUT2D eigenvalue weighted by Crippen LogP contribution is 2.04. The third-order valence-electron chi connectivity index (χ3n) is 2.43. The first-order valence-electron chi connectivity index (χ1n) is 6.26. The average molecular weight is 262 g/mol. The lowest BCUT2D eigenvalue weighted by atomic mass is 10.0. The Balaban J connectivity index is 0. The third-order valence-corrected chi connectivity index (χ3v) is 2.43. The molecule has 1 atom stereocenters. The molecule has 0 spiro atoms. The molecule has 0 rings (SSSR count). The predicted octanol–water partition coefficient (Wildman–Crippen LogP) is 1.38. The second-order valence-electron chi connectivity index (χ2n) is 4.34. The summed E-state index contributed by atoms with van der Waals surface area (Å²) in [6.07, 6.45) is 3.20. The normalized spacial score (nSPS) is 11.6. The number of aliphatic carboxylic acids is 2. The van der Waals surface area contributed by atoms with Gasteiger partial charge in [-0.2, -0.15) is 0 Å². The van der Waals surface area contributed by atoms with Gasteiger partial charge in [0.05, 0.1) is 6.17 Å². The smallest absolute Gasteiger partial charge is 0.303 e. The highest BCUT2D eigenvalue weighted by molar-refractivity contribution is 5.67. The molecule has 0 aliphatic carbocycles. The summed E-state index contributed by atoms with van der Waals surface area (Å²) in [5.74, 6) is -1.27. The summed E-state index contributed by atoms with van der Waals surface area (Å²) in [5, 5.41) is 16.3. The average Bonchev–Trinajstić information content (AvgIpc) is 2.25. The van der Waals surface area contributed by atoms with Crippen molar-refractivity contribution in [3.05, 3.63) is 0 Å². The van der Waals surface area contributed by atoms with E-state index in [2.05, 4.69) is 13.8 Å². The number of hydrogen-bond acceptors (Lipinski definition) is 4. The predicted molar refractivity (Wildman–Crippen MR) is 70.0 cm³/mol. The van der Waals surface area contributed by atoms with Gasteiger partial charge in [0.2, 0.25) is 0 Å². The van der Waals surface area contributed by atoms with E-state index in [4.69, 9.17) is 21.7 Å². The van der Waals surface area contributed by atoms with Crippen molar-refractivity contribution in [3.63, 3.8) is 0 Å². The molecule has 0 heterocycles. The number of hydrogen-bond donors (Lipinski definition) is 4.